The van der Waals surface area contributed by atoms with Gasteiger partial charge in [-0.2, -0.15) is 0 Å². The molecule has 0 bridgehead atoms. The fourth-order valence-corrected chi connectivity index (χ4v) is 7.71. The Morgan fingerprint density at radius 1 is 0.400 bits per heavy atom. The average Bonchev–Trinajstić information content (AvgIpc) is 3.40. The Morgan fingerprint density at radius 2 is 0.693 bits per heavy atom. The molecule has 0 saturated heterocycles. The molecular weight excluding hydrogens is 954 g/mol. The Kier molecular flexibility index (Phi) is 55.0. The molecule has 75 heavy (non-hydrogen) atoms. The summed E-state index contributed by atoms with van der Waals surface area (Å²) in [6, 6.07) is 0. The van der Waals surface area contributed by atoms with Gasteiger partial charge in [-0.05, 0) is 128 Å². The summed E-state index contributed by atoms with van der Waals surface area (Å²) in [4.78, 5) is 35.1. The maximum absolute atomic E-state index is 12.7. The van der Waals surface area contributed by atoms with Crippen molar-refractivity contribution in [2.24, 2.45) is 5.73 Å². The summed E-state index contributed by atoms with van der Waals surface area (Å²) in [5.74, 6) is -0.889. The van der Waals surface area contributed by atoms with Gasteiger partial charge in [0.05, 0.1) is 13.2 Å². The van der Waals surface area contributed by atoms with Crippen molar-refractivity contribution >= 4 is 19.8 Å². The molecular formula is C65H102NO8P. The smallest absolute Gasteiger partial charge is 0.462 e. The Bertz CT molecular complexity index is 1820. The first-order valence-electron chi connectivity index (χ1n) is 28.6. The van der Waals surface area contributed by atoms with Gasteiger partial charge in [-0.25, -0.2) is 4.57 Å². The van der Waals surface area contributed by atoms with Gasteiger partial charge in [0.1, 0.15) is 6.61 Å². The minimum atomic E-state index is -4.41. The van der Waals surface area contributed by atoms with E-state index in [1.807, 2.05) is 0 Å². The van der Waals surface area contributed by atoms with E-state index >= 15 is 0 Å². The third kappa shape index (κ3) is 58.5. The fourth-order valence-electron chi connectivity index (χ4n) is 6.95. The molecule has 0 aliphatic carbocycles. The summed E-state index contributed by atoms with van der Waals surface area (Å²) >= 11 is 0. The predicted molar refractivity (Wildman–Crippen MR) is 320 cm³/mol. The van der Waals surface area contributed by atoms with Crippen LogP contribution < -0.4 is 5.73 Å². The van der Waals surface area contributed by atoms with E-state index < -0.39 is 32.5 Å². The van der Waals surface area contributed by atoms with Gasteiger partial charge >= 0.3 is 19.8 Å². The Balaban J connectivity index is 4.13. The van der Waals surface area contributed by atoms with Crippen LogP contribution in [0.4, 0.5) is 0 Å². The zero-order chi connectivity index (χ0) is 54.5. The second kappa shape index (κ2) is 58.6. The summed E-state index contributed by atoms with van der Waals surface area (Å²) in [7, 11) is -4.41. The molecule has 420 valence electrons. The number of carbonyl (C=O) groups excluding carboxylic acids is 2. The number of hydrogen-bond acceptors (Lipinski definition) is 8. The summed E-state index contributed by atoms with van der Waals surface area (Å²) < 4.78 is 33.0. The maximum atomic E-state index is 12.7. The lowest BCUT2D eigenvalue weighted by molar-refractivity contribution is -0.161. The van der Waals surface area contributed by atoms with Gasteiger partial charge in [0.15, 0.2) is 6.10 Å². The van der Waals surface area contributed by atoms with Crippen molar-refractivity contribution in [2.45, 2.75) is 200 Å². The van der Waals surface area contributed by atoms with Gasteiger partial charge in [-0.1, -0.05) is 223 Å². The van der Waals surface area contributed by atoms with E-state index in [1.165, 1.54) is 0 Å². The predicted octanol–water partition coefficient (Wildman–Crippen LogP) is 18.3. The van der Waals surface area contributed by atoms with E-state index in [9.17, 15) is 19.0 Å². The fraction of sp³-hybridized carbons (Fsp3) is 0.538. The van der Waals surface area contributed by atoms with Gasteiger partial charge in [0.2, 0.25) is 0 Å². The van der Waals surface area contributed by atoms with Crippen molar-refractivity contribution in [2.75, 3.05) is 26.4 Å². The lowest BCUT2D eigenvalue weighted by Gasteiger charge is -2.19. The molecule has 0 aromatic heterocycles. The Labute approximate surface area is 457 Å². The zero-order valence-electron chi connectivity index (χ0n) is 46.7. The monoisotopic (exact) mass is 1060 g/mol. The molecule has 3 N–H and O–H groups in total. The number of allylic oxidation sites excluding steroid dienone is 28. The SMILES string of the molecule is CC/C=C\C/C=C\C/C=C\C/C=C\C/C=C\C/C=C\C/C=C\C/C=C\C/C=C\C/C=C\CCCCCCC(=O)OC(COC(=O)CCCCCCCC/C=C\C/C=C\C/C=C\C/C=C\CC)COP(=O)(O)OCCN. The van der Waals surface area contributed by atoms with Crippen LogP contribution in [-0.2, 0) is 32.7 Å². The Morgan fingerprint density at radius 3 is 1.03 bits per heavy atom. The molecule has 0 aliphatic heterocycles. The van der Waals surface area contributed by atoms with E-state index in [0.717, 1.165) is 154 Å². The maximum Gasteiger partial charge on any atom is 0.472 e. The normalized spacial score (nSPS) is 14.3. The number of ether oxygens (including phenoxy) is 2. The minimum Gasteiger partial charge on any atom is -0.462 e. The molecule has 9 nitrogen and oxygen atoms in total. The molecule has 0 radical (unpaired) electrons. The number of esters is 2. The Hall–Kier alpha value is -4.63. The number of phosphoric ester groups is 1. The van der Waals surface area contributed by atoms with Crippen LogP contribution in [0.5, 0.6) is 0 Å². The molecule has 2 atom stereocenters. The number of unbranched alkanes of at least 4 members (excludes halogenated alkanes) is 10. The third-order valence-electron chi connectivity index (χ3n) is 11.1. The molecule has 0 spiro atoms. The first kappa shape index (κ1) is 70.4. The lowest BCUT2D eigenvalue weighted by Crippen LogP contribution is -2.29. The van der Waals surface area contributed by atoms with Crippen molar-refractivity contribution in [3.05, 3.63) is 170 Å². The van der Waals surface area contributed by atoms with Crippen LogP contribution in [0.15, 0.2) is 170 Å². The largest absolute Gasteiger partial charge is 0.472 e. The van der Waals surface area contributed by atoms with Crippen molar-refractivity contribution in [1.29, 1.82) is 0 Å². The van der Waals surface area contributed by atoms with Crippen molar-refractivity contribution < 1.29 is 37.6 Å². The minimum absolute atomic E-state index is 0.0366. The molecule has 0 aromatic rings. The van der Waals surface area contributed by atoms with Crippen molar-refractivity contribution in [3.8, 4) is 0 Å². The molecule has 0 heterocycles. The molecule has 0 aliphatic rings. The van der Waals surface area contributed by atoms with E-state index in [1.54, 1.807) is 0 Å². The average molecular weight is 1060 g/mol. The standard InChI is InChI=1S/C65H102NO8P/c1-3-5-7-9-11-13-15-17-19-21-23-24-25-26-27-28-29-30-31-32-33-34-35-36-37-38-40-42-44-46-48-50-52-54-56-58-65(68)74-63(62-73-75(69,70)72-60-59-66)61-71-64(67)57-55-53-51-49-47-45-43-41-39-22-20-18-16-14-12-10-8-6-4-2/h5-8,11-14,17-20,23-24,26-27,29-30,32-33,35-36,38-41,44,46,63H,3-4,9-10,15-16,21-22,25,28,31,34,37,42-43,45,47-62,66H2,1-2H3,(H,69,70)/b7-5-,8-6-,13-11-,14-12-,19-17-,20-18-,24-23-,27-26-,30-29-,33-32-,36-35-,40-38-,41-39-,46-44-. The zero-order valence-corrected chi connectivity index (χ0v) is 47.6. The quantitative estimate of drug-likeness (QED) is 0.0264. The summed E-state index contributed by atoms with van der Waals surface area (Å²) in [6.45, 7) is 3.43. The van der Waals surface area contributed by atoms with E-state index in [0.29, 0.717) is 12.8 Å². The van der Waals surface area contributed by atoms with Gasteiger partial charge in [0, 0.05) is 19.4 Å². The van der Waals surface area contributed by atoms with Gasteiger partial charge in [-0.15, -0.1) is 0 Å². The van der Waals surface area contributed by atoms with Crippen molar-refractivity contribution in [1.82, 2.24) is 0 Å². The molecule has 2 unspecified atom stereocenters. The second-order valence-electron chi connectivity index (χ2n) is 18.0. The molecule has 0 amide bonds. The third-order valence-corrected chi connectivity index (χ3v) is 12.1. The number of rotatable bonds is 51. The lowest BCUT2D eigenvalue weighted by atomic mass is 10.1. The first-order chi connectivity index (χ1) is 36.8. The van der Waals surface area contributed by atoms with Gasteiger partial charge in [-0.3, -0.25) is 18.6 Å². The van der Waals surface area contributed by atoms with Crippen LogP contribution in [0.1, 0.15) is 194 Å². The molecule has 0 fully saturated rings. The summed E-state index contributed by atoms with van der Waals surface area (Å²) in [6.07, 6.45) is 86.9. The second-order valence-corrected chi connectivity index (χ2v) is 19.5. The van der Waals surface area contributed by atoms with Crippen LogP contribution >= 0.6 is 7.82 Å². The molecule has 10 heteroatoms. The highest BCUT2D eigenvalue weighted by atomic mass is 31.2. The van der Waals surface area contributed by atoms with E-state index in [4.69, 9.17) is 24.3 Å². The first-order valence-corrected chi connectivity index (χ1v) is 30.1. The van der Waals surface area contributed by atoms with Crippen LogP contribution in [-0.4, -0.2) is 49.3 Å². The van der Waals surface area contributed by atoms with Gasteiger partial charge < -0.3 is 20.1 Å². The van der Waals surface area contributed by atoms with E-state index in [2.05, 4.69) is 184 Å². The van der Waals surface area contributed by atoms with Gasteiger partial charge in [0.25, 0.3) is 0 Å². The highest BCUT2D eigenvalue weighted by molar-refractivity contribution is 7.47. The van der Waals surface area contributed by atoms with Crippen LogP contribution in [0.3, 0.4) is 0 Å². The topological polar surface area (TPSA) is 134 Å². The number of carbonyl (C=O) groups is 2. The van der Waals surface area contributed by atoms with E-state index in [-0.39, 0.29) is 32.6 Å². The summed E-state index contributed by atoms with van der Waals surface area (Å²) in [5, 5.41) is 0. The van der Waals surface area contributed by atoms with Crippen LogP contribution in [0, 0.1) is 0 Å². The van der Waals surface area contributed by atoms with Crippen LogP contribution in [0.25, 0.3) is 0 Å². The molecule has 0 saturated carbocycles. The molecule has 0 aromatic carbocycles. The number of hydrogen-bond donors (Lipinski definition) is 2. The van der Waals surface area contributed by atoms with Crippen molar-refractivity contribution in [3.63, 3.8) is 0 Å². The highest BCUT2D eigenvalue weighted by Gasteiger charge is 2.26. The molecule has 0 rings (SSSR count). The summed E-state index contributed by atoms with van der Waals surface area (Å²) in [5.41, 5.74) is 5.37. The number of nitrogens with two attached hydrogens (primary N) is 1. The highest BCUT2D eigenvalue weighted by Crippen LogP contribution is 2.43. The van der Waals surface area contributed by atoms with Crippen LogP contribution in [0.2, 0.25) is 0 Å². The number of phosphoric acid groups is 1.